The Balaban J connectivity index is 1.53. The number of esters is 1. The van der Waals surface area contributed by atoms with Crippen LogP contribution in [0.4, 0.5) is 5.69 Å². The van der Waals surface area contributed by atoms with E-state index in [0.29, 0.717) is 22.6 Å². The van der Waals surface area contributed by atoms with E-state index in [1.54, 1.807) is 48.5 Å². The summed E-state index contributed by atoms with van der Waals surface area (Å²) in [5.74, 6) is -0.701. The Labute approximate surface area is 182 Å². The molecule has 0 aliphatic heterocycles. The van der Waals surface area contributed by atoms with Crippen LogP contribution < -0.4 is 15.4 Å². The number of ether oxygens (including phenoxy) is 2. The highest BCUT2D eigenvalue weighted by Crippen LogP contribution is 2.20. The van der Waals surface area contributed by atoms with Gasteiger partial charge in [0.1, 0.15) is 5.75 Å². The fourth-order valence-electron chi connectivity index (χ4n) is 3.47. The van der Waals surface area contributed by atoms with Crippen LogP contribution in [0.2, 0.25) is 0 Å². The van der Waals surface area contributed by atoms with Crippen LogP contribution >= 0.6 is 0 Å². The summed E-state index contributed by atoms with van der Waals surface area (Å²) < 4.78 is 10.6. The van der Waals surface area contributed by atoms with E-state index in [9.17, 15) is 14.4 Å². The molecule has 1 aliphatic rings. The van der Waals surface area contributed by atoms with Crippen molar-refractivity contribution >= 4 is 23.5 Å². The predicted molar refractivity (Wildman–Crippen MR) is 117 cm³/mol. The largest absolute Gasteiger partial charge is 0.491 e. The number of rotatable bonds is 8. The van der Waals surface area contributed by atoms with E-state index in [2.05, 4.69) is 10.6 Å². The average molecular weight is 424 g/mol. The molecule has 2 aromatic carbocycles. The van der Waals surface area contributed by atoms with Crippen molar-refractivity contribution < 1.29 is 23.9 Å². The molecular formula is C24H28N2O5. The highest BCUT2D eigenvalue weighted by Gasteiger charge is 2.20. The molecule has 7 heteroatoms. The highest BCUT2D eigenvalue weighted by molar-refractivity contribution is 6.04. The van der Waals surface area contributed by atoms with Gasteiger partial charge in [-0.25, -0.2) is 4.79 Å². The number of hydrogen-bond donors (Lipinski definition) is 2. The van der Waals surface area contributed by atoms with Gasteiger partial charge in [0.25, 0.3) is 11.8 Å². The molecule has 1 fully saturated rings. The zero-order valence-corrected chi connectivity index (χ0v) is 17.9. The molecule has 2 aromatic rings. The Kier molecular flexibility index (Phi) is 7.65. The van der Waals surface area contributed by atoms with Crippen molar-refractivity contribution in [3.8, 4) is 5.75 Å². The third kappa shape index (κ3) is 6.57. The SMILES string of the molecule is CC(C)Oc1ccc(C(=O)OCC(=O)Nc2ccccc2C(=O)NC2CCCC2)cc1. The van der Waals surface area contributed by atoms with E-state index in [-0.39, 0.29) is 18.1 Å². The molecule has 0 spiro atoms. The van der Waals surface area contributed by atoms with Crippen molar-refractivity contribution in [1.29, 1.82) is 0 Å². The lowest BCUT2D eigenvalue weighted by atomic mass is 10.1. The van der Waals surface area contributed by atoms with Crippen LogP contribution in [0.25, 0.3) is 0 Å². The van der Waals surface area contributed by atoms with Gasteiger partial charge in [-0.05, 0) is 63.1 Å². The minimum absolute atomic E-state index is 0.0321. The monoisotopic (exact) mass is 424 g/mol. The standard InChI is InChI=1S/C24H28N2O5/c1-16(2)31-19-13-11-17(12-14-19)24(29)30-15-22(27)26-21-10-6-5-9-20(21)23(28)25-18-7-3-4-8-18/h5-6,9-14,16,18H,3-4,7-8,15H2,1-2H3,(H,25,28)(H,26,27). The van der Waals surface area contributed by atoms with Crippen molar-refractivity contribution in [1.82, 2.24) is 5.32 Å². The molecule has 1 saturated carbocycles. The van der Waals surface area contributed by atoms with Gasteiger partial charge in [-0.3, -0.25) is 9.59 Å². The Hall–Kier alpha value is -3.35. The lowest BCUT2D eigenvalue weighted by molar-refractivity contribution is -0.119. The molecule has 0 saturated heterocycles. The van der Waals surface area contributed by atoms with E-state index in [4.69, 9.17) is 9.47 Å². The lowest BCUT2D eigenvalue weighted by Crippen LogP contribution is -2.33. The van der Waals surface area contributed by atoms with E-state index >= 15 is 0 Å². The predicted octanol–water partition coefficient (Wildman–Crippen LogP) is 3.94. The van der Waals surface area contributed by atoms with E-state index in [1.807, 2.05) is 13.8 Å². The van der Waals surface area contributed by atoms with Crippen molar-refractivity contribution in [3.63, 3.8) is 0 Å². The Bertz CT molecular complexity index is 918. The van der Waals surface area contributed by atoms with Crippen molar-refractivity contribution in [3.05, 3.63) is 59.7 Å². The third-order valence-corrected chi connectivity index (χ3v) is 4.93. The lowest BCUT2D eigenvalue weighted by Gasteiger charge is -2.15. The molecule has 0 heterocycles. The molecule has 0 unspecified atom stereocenters. The molecule has 164 valence electrons. The first-order chi connectivity index (χ1) is 14.9. The van der Waals surface area contributed by atoms with Crippen LogP contribution in [0.15, 0.2) is 48.5 Å². The molecule has 31 heavy (non-hydrogen) atoms. The minimum atomic E-state index is -0.612. The molecule has 2 amide bonds. The number of hydrogen-bond acceptors (Lipinski definition) is 5. The maximum absolute atomic E-state index is 12.6. The average Bonchev–Trinajstić information content (AvgIpc) is 3.25. The fraction of sp³-hybridized carbons (Fsp3) is 0.375. The zero-order chi connectivity index (χ0) is 22.2. The molecule has 0 aromatic heterocycles. The molecule has 3 rings (SSSR count). The van der Waals surface area contributed by atoms with Gasteiger partial charge in [-0.15, -0.1) is 0 Å². The molecule has 0 radical (unpaired) electrons. The zero-order valence-electron chi connectivity index (χ0n) is 17.9. The summed E-state index contributed by atoms with van der Waals surface area (Å²) in [6.45, 7) is 3.37. The number of nitrogens with one attached hydrogen (secondary N) is 2. The summed E-state index contributed by atoms with van der Waals surface area (Å²) in [5, 5.41) is 5.67. The van der Waals surface area contributed by atoms with Gasteiger partial charge in [-0.2, -0.15) is 0 Å². The first kappa shape index (κ1) is 22.3. The molecule has 7 nitrogen and oxygen atoms in total. The van der Waals surface area contributed by atoms with Gasteiger partial charge in [0, 0.05) is 6.04 Å². The van der Waals surface area contributed by atoms with Crippen molar-refractivity contribution in [2.75, 3.05) is 11.9 Å². The fourth-order valence-corrected chi connectivity index (χ4v) is 3.47. The van der Waals surface area contributed by atoms with Crippen LogP contribution in [0.3, 0.4) is 0 Å². The molecule has 2 N–H and O–H groups in total. The van der Waals surface area contributed by atoms with E-state index in [1.165, 1.54) is 0 Å². The molecule has 1 aliphatic carbocycles. The number of benzene rings is 2. The van der Waals surface area contributed by atoms with E-state index < -0.39 is 18.5 Å². The Morgan fingerprint density at radius 2 is 1.68 bits per heavy atom. The quantitative estimate of drug-likeness (QED) is 0.626. The smallest absolute Gasteiger partial charge is 0.338 e. The van der Waals surface area contributed by atoms with Gasteiger partial charge < -0.3 is 20.1 Å². The number of para-hydroxylation sites is 1. The number of anilines is 1. The van der Waals surface area contributed by atoms with Gasteiger partial charge in [0.2, 0.25) is 0 Å². The Morgan fingerprint density at radius 3 is 2.35 bits per heavy atom. The van der Waals surface area contributed by atoms with Crippen LogP contribution in [0.1, 0.15) is 60.2 Å². The molecule has 0 bridgehead atoms. The summed E-state index contributed by atoms with van der Waals surface area (Å²) in [7, 11) is 0. The van der Waals surface area contributed by atoms with Crippen LogP contribution in [0.5, 0.6) is 5.75 Å². The van der Waals surface area contributed by atoms with Crippen LogP contribution in [0, 0.1) is 0 Å². The Morgan fingerprint density at radius 1 is 1.00 bits per heavy atom. The maximum Gasteiger partial charge on any atom is 0.338 e. The first-order valence-electron chi connectivity index (χ1n) is 10.6. The summed E-state index contributed by atoms with van der Waals surface area (Å²) in [4.78, 5) is 37.1. The third-order valence-electron chi connectivity index (χ3n) is 4.93. The summed E-state index contributed by atoms with van der Waals surface area (Å²) in [6.07, 6.45) is 4.20. The maximum atomic E-state index is 12.6. The normalized spacial score (nSPS) is 13.6. The van der Waals surface area contributed by atoms with Crippen molar-refractivity contribution in [2.45, 2.75) is 51.7 Å². The van der Waals surface area contributed by atoms with Gasteiger partial charge in [0.05, 0.1) is 22.9 Å². The van der Waals surface area contributed by atoms with Gasteiger partial charge in [0.15, 0.2) is 6.61 Å². The first-order valence-corrected chi connectivity index (χ1v) is 10.6. The topological polar surface area (TPSA) is 93.7 Å². The summed E-state index contributed by atoms with van der Waals surface area (Å²) >= 11 is 0. The highest BCUT2D eigenvalue weighted by atomic mass is 16.5. The second-order valence-electron chi connectivity index (χ2n) is 7.82. The number of carbonyl (C=O) groups is 3. The summed E-state index contributed by atoms with van der Waals surface area (Å²) in [5.41, 5.74) is 1.09. The minimum Gasteiger partial charge on any atom is -0.491 e. The van der Waals surface area contributed by atoms with Gasteiger partial charge >= 0.3 is 5.97 Å². The second-order valence-corrected chi connectivity index (χ2v) is 7.82. The van der Waals surface area contributed by atoms with Gasteiger partial charge in [-0.1, -0.05) is 25.0 Å². The number of amides is 2. The van der Waals surface area contributed by atoms with Crippen molar-refractivity contribution in [2.24, 2.45) is 0 Å². The van der Waals surface area contributed by atoms with E-state index in [0.717, 1.165) is 25.7 Å². The summed E-state index contributed by atoms with van der Waals surface area (Å²) in [6, 6.07) is 13.5. The molecular weight excluding hydrogens is 396 g/mol. The molecule has 0 atom stereocenters. The van der Waals surface area contributed by atoms with Crippen LogP contribution in [-0.4, -0.2) is 36.5 Å². The second kappa shape index (κ2) is 10.6. The number of carbonyl (C=O) groups excluding carboxylic acids is 3. The van der Waals surface area contributed by atoms with Crippen LogP contribution in [-0.2, 0) is 9.53 Å².